The van der Waals surface area contributed by atoms with Gasteiger partial charge >= 0.3 is 0 Å². The van der Waals surface area contributed by atoms with E-state index in [0.717, 1.165) is 41.4 Å². The lowest BCUT2D eigenvalue weighted by atomic mass is 9.84. The van der Waals surface area contributed by atoms with E-state index in [2.05, 4.69) is 0 Å². The Kier molecular flexibility index (Phi) is 3.16. The predicted octanol–water partition coefficient (Wildman–Crippen LogP) is 2.78. The molecule has 0 amide bonds. The van der Waals surface area contributed by atoms with Crippen molar-refractivity contribution >= 4 is 11.8 Å². The Morgan fingerprint density at radius 2 is 2.17 bits per heavy atom. The summed E-state index contributed by atoms with van der Waals surface area (Å²) in [4.78, 5) is 0. The van der Waals surface area contributed by atoms with Gasteiger partial charge in [0.05, 0.1) is 13.2 Å². The van der Waals surface area contributed by atoms with E-state index in [1.165, 1.54) is 0 Å². The maximum absolute atomic E-state index is 10.4. The lowest BCUT2D eigenvalue weighted by Gasteiger charge is -2.43. The van der Waals surface area contributed by atoms with Crippen molar-refractivity contribution in [3.05, 3.63) is 23.8 Å². The van der Waals surface area contributed by atoms with Crippen LogP contribution in [0.2, 0.25) is 0 Å². The van der Waals surface area contributed by atoms with Gasteiger partial charge in [-0.2, -0.15) is 11.8 Å². The van der Waals surface area contributed by atoms with Gasteiger partial charge in [0.25, 0.3) is 0 Å². The second-order valence-corrected chi connectivity index (χ2v) is 6.25. The molecule has 3 nitrogen and oxygen atoms in total. The van der Waals surface area contributed by atoms with E-state index in [4.69, 9.17) is 9.47 Å². The summed E-state index contributed by atoms with van der Waals surface area (Å²) in [5.74, 6) is 3.84. The Balaban J connectivity index is 1.92. The van der Waals surface area contributed by atoms with Gasteiger partial charge in [-0.3, -0.25) is 0 Å². The van der Waals surface area contributed by atoms with Gasteiger partial charge in [0.15, 0.2) is 0 Å². The van der Waals surface area contributed by atoms with Crippen LogP contribution in [0.3, 0.4) is 0 Å². The van der Waals surface area contributed by atoms with Crippen LogP contribution < -0.4 is 9.47 Å². The van der Waals surface area contributed by atoms with Gasteiger partial charge in [-0.05, 0) is 42.5 Å². The Labute approximate surface area is 111 Å². The molecule has 0 saturated carbocycles. The maximum Gasteiger partial charge on any atom is 0.126 e. The van der Waals surface area contributed by atoms with Gasteiger partial charge in [-0.25, -0.2) is 0 Å². The number of thioether (sulfide) groups is 1. The predicted molar refractivity (Wildman–Crippen MR) is 72.5 cm³/mol. The molecule has 1 aromatic rings. The third kappa shape index (κ3) is 2.08. The number of aliphatic hydroxyl groups excluding tert-OH is 1. The fourth-order valence-corrected chi connectivity index (χ4v) is 4.03. The second-order valence-electron chi connectivity index (χ2n) is 5.02. The highest BCUT2D eigenvalue weighted by Crippen LogP contribution is 2.46. The molecule has 0 radical (unpaired) electrons. The van der Waals surface area contributed by atoms with Crippen LogP contribution >= 0.6 is 11.8 Å². The third-order valence-corrected chi connectivity index (χ3v) is 4.86. The van der Waals surface area contributed by atoms with Crippen molar-refractivity contribution in [1.29, 1.82) is 0 Å². The summed E-state index contributed by atoms with van der Waals surface area (Å²) in [6.45, 7) is 0. The first-order valence-corrected chi connectivity index (χ1v) is 7.51. The number of aliphatic hydroxyl groups is 1. The minimum atomic E-state index is -0.438. The van der Waals surface area contributed by atoms with Crippen molar-refractivity contribution in [2.45, 2.75) is 31.0 Å². The molecule has 2 heterocycles. The van der Waals surface area contributed by atoms with Crippen LogP contribution in [0.4, 0.5) is 0 Å². The van der Waals surface area contributed by atoms with Gasteiger partial charge in [0.1, 0.15) is 17.1 Å². The summed E-state index contributed by atoms with van der Waals surface area (Å²) in [6, 6.07) is 5.69. The molecular formula is C14H18O3S. The van der Waals surface area contributed by atoms with Crippen molar-refractivity contribution < 1.29 is 14.6 Å². The zero-order valence-electron chi connectivity index (χ0n) is 10.5. The zero-order chi connectivity index (χ0) is 12.6. The zero-order valence-corrected chi connectivity index (χ0v) is 11.3. The molecule has 1 unspecified atom stereocenters. The Morgan fingerprint density at radius 1 is 1.39 bits per heavy atom. The van der Waals surface area contributed by atoms with Crippen LogP contribution in [0.15, 0.2) is 18.2 Å². The van der Waals surface area contributed by atoms with E-state index in [1.54, 1.807) is 7.11 Å². The number of rotatable bonds is 1. The summed E-state index contributed by atoms with van der Waals surface area (Å²) in [7, 11) is 1.64. The average Bonchev–Trinajstić information content (AvgIpc) is 2.39. The normalized spacial score (nSPS) is 25.3. The molecule has 0 aromatic heterocycles. The summed E-state index contributed by atoms with van der Waals surface area (Å²) >= 11 is 1.97. The van der Waals surface area contributed by atoms with Crippen molar-refractivity contribution in [1.82, 2.24) is 0 Å². The molecule has 1 N–H and O–H groups in total. The molecule has 1 aromatic carbocycles. The second kappa shape index (κ2) is 4.67. The van der Waals surface area contributed by atoms with E-state index in [9.17, 15) is 5.11 Å². The maximum atomic E-state index is 10.4. The van der Waals surface area contributed by atoms with Crippen molar-refractivity contribution in [2.75, 3.05) is 18.6 Å². The van der Waals surface area contributed by atoms with Crippen LogP contribution in [0.1, 0.15) is 30.9 Å². The van der Waals surface area contributed by atoms with Crippen molar-refractivity contribution in [2.24, 2.45) is 0 Å². The van der Waals surface area contributed by atoms with Crippen LogP contribution in [-0.4, -0.2) is 29.3 Å². The first-order chi connectivity index (χ1) is 8.72. The first-order valence-electron chi connectivity index (χ1n) is 6.35. The number of hydrogen-bond donors (Lipinski definition) is 1. The summed E-state index contributed by atoms with van der Waals surface area (Å²) in [6.07, 6.45) is 2.32. The van der Waals surface area contributed by atoms with E-state index in [0.29, 0.717) is 6.42 Å². The Bertz CT molecular complexity index is 441. The van der Waals surface area contributed by atoms with Gasteiger partial charge in [-0.15, -0.1) is 0 Å². The van der Waals surface area contributed by atoms with Gasteiger partial charge in [-0.1, -0.05) is 0 Å². The highest BCUT2D eigenvalue weighted by atomic mass is 32.2. The lowest BCUT2D eigenvalue weighted by molar-refractivity contribution is -0.0199. The molecule has 98 valence electrons. The average molecular weight is 266 g/mol. The highest BCUT2D eigenvalue weighted by molar-refractivity contribution is 7.99. The molecule has 0 aliphatic carbocycles. The number of methoxy groups -OCH3 is 1. The number of hydrogen-bond acceptors (Lipinski definition) is 4. The SMILES string of the molecule is COc1ccc2c(c1)C(O)CC1(CCSCC1)O2. The Hall–Kier alpha value is -0.870. The molecule has 1 atom stereocenters. The van der Waals surface area contributed by atoms with Crippen LogP contribution in [0.25, 0.3) is 0 Å². The summed E-state index contributed by atoms with van der Waals surface area (Å²) in [5.41, 5.74) is 0.713. The molecule has 2 aliphatic rings. The quantitative estimate of drug-likeness (QED) is 0.848. The van der Waals surface area contributed by atoms with Crippen molar-refractivity contribution in [3.8, 4) is 11.5 Å². The molecule has 1 saturated heterocycles. The number of fused-ring (bicyclic) bond motifs is 1. The molecular weight excluding hydrogens is 248 g/mol. The fraction of sp³-hybridized carbons (Fsp3) is 0.571. The highest BCUT2D eigenvalue weighted by Gasteiger charge is 2.41. The molecule has 2 aliphatic heterocycles. The molecule has 1 fully saturated rings. The van der Waals surface area contributed by atoms with E-state index in [-0.39, 0.29) is 5.60 Å². The van der Waals surface area contributed by atoms with Gasteiger partial charge < -0.3 is 14.6 Å². The van der Waals surface area contributed by atoms with E-state index >= 15 is 0 Å². The summed E-state index contributed by atoms with van der Waals surface area (Å²) in [5, 5.41) is 10.4. The van der Waals surface area contributed by atoms with Crippen LogP contribution in [-0.2, 0) is 0 Å². The van der Waals surface area contributed by atoms with Crippen LogP contribution in [0, 0.1) is 0 Å². The first kappa shape index (κ1) is 12.2. The smallest absolute Gasteiger partial charge is 0.126 e. The minimum absolute atomic E-state index is 0.147. The van der Waals surface area contributed by atoms with Crippen LogP contribution in [0.5, 0.6) is 11.5 Å². The molecule has 18 heavy (non-hydrogen) atoms. The Morgan fingerprint density at radius 3 is 2.89 bits per heavy atom. The van der Waals surface area contributed by atoms with E-state index < -0.39 is 6.10 Å². The van der Waals surface area contributed by atoms with E-state index in [1.807, 2.05) is 30.0 Å². The van der Waals surface area contributed by atoms with Gasteiger partial charge in [0.2, 0.25) is 0 Å². The molecule has 4 heteroatoms. The minimum Gasteiger partial charge on any atom is -0.497 e. The van der Waals surface area contributed by atoms with Gasteiger partial charge in [0, 0.05) is 12.0 Å². The van der Waals surface area contributed by atoms with Crippen molar-refractivity contribution in [3.63, 3.8) is 0 Å². The number of ether oxygens (including phenoxy) is 2. The molecule has 0 bridgehead atoms. The molecule has 3 rings (SSSR count). The molecule has 1 spiro atoms. The largest absolute Gasteiger partial charge is 0.497 e. The monoisotopic (exact) mass is 266 g/mol. The third-order valence-electron chi connectivity index (χ3n) is 3.87. The lowest BCUT2D eigenvalue weighted by Crippen LogP contribution is -2.44. The summed E-state index contributed by atoms with van der Waals surface area (Å²) < 4.78 is 11.4. The number of benzene rings is 1. The standard InChI is InChI=1S/C14H18O3S/c1-16-10-2-3-13-11(8-10)12(15)9-14(17-13)4-6-18-7-5-14/h2-3,8,12,15H,4-7,9H2,1H3. The fourth-order valence-electron chi connectivity index (χ4n) is 2.79. The topological polar surface area (TPSA) is 38.7 Å².